The number of nitrogens with one attached hydrogen (secondary N) is 1. The van der Waals surface area contributed by atoms with Crippen molar-refractivity contribution < 1.29 is 52.4 Å². The van der Waals surface area contributed by atoms with Gasteiger partial charge in [-0.05, 0) is 37.1 Å². The third-order valence-corrected chi connectivity index (χ3v) is 9.61. The number of esters is 2. The van der Waals surface area contributed by atoms with Crippen molar-refractivity contribution in [1.82, 2.24) is 19.7 Å². The number of nitrogens with zero attached hydrogens (tertiary/aromatic N) is 4. The number of rotatable bonds is 17. The normalized spacial score (nSPS) is 22.2. The van der Waals surface area contributed by atoms with Crippen molar-refractivity contribution in [2.75, 3.05) is 18.9 Å². The van der Waals surface area contributed by atoms with E-state index >= 15 is 0 Å². The van der Waals surface area contributed by atoms with Crippen molar-refractivity contribution in [3.05, 3.63) is 54.5 Å². The molecule has 3 heterocycles. The molecule has 17 nitrogen and oxygen atoms in total. The maximum atomic E-state index is 14.2. The monoisotopic (exact) mass is 702 g/mol. The van der Waals surface area contributed by atoms with E-state index in [0.29, 0.717) is 0 Å². The fourth-order valence-corrected chi connectivity index (χ4v) is 6.62. The maximum Gasteiger partial charge on any atom is 0.459 e. The van der Waals surface area contributed by atoms with Gasteiger partial charge in [-0.25, -0.2) is 14.1 Å². The van der Waals surface area contributed by atoms with Crippen LogP contribution in [0.5, 0.6) is 5.75 Å². The fraction of sp³-hybridized carbons (Fsp3) is 0.484. The minimum atomic E-state index is -4.48. The number of ether oxygens (including phenoxy) is 3. The standard InChI is InChI=1S/C31H39N6O11P/c1-4-20(5-2)15-44-30(42)19(3)36-49(43,48-21-9-7-6-8-10-21)45-16-23-27(46-26(40)14-13-25(38)39)28(41)31(17-32,47-23)24-12-11-22-29(33)34-18-35-37(22)24/h6-12,18-20,23,27-28,41H,4-5,13-16H2,1-3H3,(H,36,43)(H,38,39)(H2,33,34,35)/t19?,23-,27-,28-,31+,49+/m1/s1. The van der Waals surface area contributed by atoms with E-state index in [1.807, 2.05) is 19.9 Å². The molecule has 0 aliphatic carbocycles. The summed E-state index contributed by atoms with van der Waals surface area (Å²) in [7, 11) is -4.48. The van der Waals surface area contributed by atoms with Gasteiger partial charge in [-0.3, -0.25) is 18.9 Å². The first-order valence-electron chi connectivity index (χ1n) is 15.6. The molecule has 3 aromatic rings. The summed E-state index contributed by atoms with van der Waals surface area (Å²) < 4.78 is 43.8. The fourth-order valence-electron chi connectivity index (χ4n) is 5.12. The number of aliphatic hydroxyl groups excluding tert-OH is 1. The van der Waals surface area contributed by atoms with Crippen molar-refractivity contribution in [2.24, 2.45) is 5.92 Å². The molecule has 1 unspecified atom stereocenters. The summed E-state index contributed by atoms with van der Waals surface area (Å²) in [5.74, 6) is -2.67. The number of carboxylic acid groups (broad SMARTS) is 1. The molecule has 49 heavy (non-hydrogen) atoms. The molecule has 1 aromatic carbocycles. The Morgan fingerprint density at radius 3 is 2.55 bits per heavy atom. The predicted molar refractivity (Wildman–Crippen MR) is 171 cm³/mol. The Balaban J connectivity index is 1.64. The number of nitrogens with two attached hydrogens (primary N) is 1. The number of aliphatic hydroxyl groups is 1. The van der Waals surface area contributed by atoms with Crippen LogP contribution in [0, 0.1) is 17.2 Å². The highest BCUT2D eigenvalue weighted by Crippen LogP contribution is 2.48. The van der Waals surface area contributed by atoms with E-state index in [-0.39, 0.29) is 35.3 Å². The van der Waals surface area contributed by atoms with Crippen LogP contribution in [0.25, 0.3) is 5.52 Å². The molecular formula is C31H39N6O11P. The lowest BCUT2D eigenvalue weighted by molar-refractivity contribution is -0.158. The molecule has 1 aliphatic heterocycles. The van der Waals surface area contributed by atoms with Crippen molar-refractivity contribution in [3.8, 4) is 11.8 Å². The lowest BCUT2D eigenvalue weighted by Gasteiger charge is -2.26. The minimum absolute atomic E-state index is 0.00337. The van der Waals surface area contributed by atoms with Gasteiger partial charge in [-0.1, -0.05) is 44.9 Å². The van der Waals surface area contributed by atoms with Gasteiger partial charge in [0.25, 0.3) is 0 Å². The van der Waals surface area contributed by atoms with Gasteiger partial charge in [-0.15, -0.1) is 0 Å². The van der Waals surface area contributed by atoms with Crippen LogP contribution in [0.4, 0.5) is 5.82 Å². The number of hydrogen-bond acceptors (Lipinski definition) is 14. The van der Waals surface area contributed by atoms with Crippen LogP contribution >= 0.6 is 7.75 Å². The highest BCUT2D eigenvalue weighted by Gasteiger charge is 2.60. The Hall–Kier alpha value is -4.59. The van der Waals surface area contributed by atoms with Gasteiger partial charge in [0.2, 0.25) is 5.60 Å². The second-order valence-electron chi connectivity index (χ2n) is 11.3. The SMILES string of the molecule is CCC(CC)COC(=O)C(C)N[P@](=O)(OC[C@H]1O[C@@](C#N)(c2ccc3c(N)ncnn23)[C@H](O)[C@@H]1OC(=O)CCC(=O)O)Oc1ccccc1. The zero-order valence-corrected chi connectivity index (χ0v) is 28.0. The van der Waals surface area contributed by atoms with Gasteiger partial charge in [0, 0.05) is 0 Å². The number of fused-ring (bicyclic) bond motifs is 1. The van der Waals surface area contributed by atoms with Crippen LogP contribution in [0.3, 0.4) is 0 Å². The molecule has 1 fully saturated rings. The summed E-state index contributed by atoms with van der Waals surface area (Å²) >= 11 is 0. The number of nitriles is 1. The minimum Gasteiger partial charge on any atom is -0.481 e. The molecule has 0 bridgehead atoms. The number of aliphatic carboxylic acids is 1. The molecule has 2 aromatic heterocycles. The molecule has 0 amide bonds. The van der Waals surface area contributed by atoms with Gasteiger partial charge in [0.1, 0.15) is 41.9 Å². The summed E-state index contributed by atoms with van der Waals surface area (Å²) in [5, 5.41) is 37.7. The summed E-state index contributed by atoms with van der Waals surface area (Å²) in [4.78, 5) is 40.5. The topological polar surface area (TPSA) is 247 Å². The van der Waals surface area contributed by atoms with E-state index in [4.69, 9.17) is 34.1 Å². The Morgan fingerprint density at radius 1 is 1.18 bits per heavy atom. The van der Waals surface area contributed by atoms with Crippen LogP contribution in [0.2, 0.25) is 0 Å². The van der Waals surface area contributed by atoms with Gasteiger partial charge in [0.15, 0.2) is 11.9 Å². The van der Waals surface area contributed by atoms with Crippen LogP contribution in [-0.4, -0.2) is 80.3 Å². The number of nitrogen functional groups attached to an aromatic ring is 1. The molecule has 5 N–H and O–H groups in total. The van der Waals surface area contributed by atoms with E-state index < -0.39 is 75.1 Å². The predicted octanol–water partition coefficient (Wildman–Crippen LogP) is 2.73. The molecule has 4 rings (SSSR count). The molecular weight excluding hydrogens is 663 g/mol. The number of para-hydroxylation sites is 1. The largest absolute Gasteiger partial charge is 0.481 e. The number of carbonyl (C=O) groups is 3. The summed E-state index contributed by atoms with van der Waals surface area (Å²) in [6.45, 7) is 4.80. The zero-order valence-electron chi connectivity index (χ0n) is 27.1. The zero-order chi connectivity index (χ0) is 35.8. The first-order valence-corrected chi connectivity index (χ1v) is 17.1. The van der Waals surface area contributed by atoms with Crippen LogP contribution in [0.1, 0.15) is 52.1 Å². The van der Waals surface area contributed by atoms with Crippen molar-refractivity contribution >= 4 is 37.0 Å². The Morgan fingerprint density at radius 2 is 1.90 bits per heavy atom. The third-order valence-electron chi connectivity index (χ3n) is 7.97. The first-order chi connectivity index (χ1) is 23.4. The second kappa shape index (κ2) is 16.2. The average molecular weight is 703 g/mol. The molecule has 18 heteroatoms. The molecule has 6 atom stereocenters. The van der Waals surface area contributed by atoms with E-state index in [1.165, 1.54) is 35.7 Å². The Kier molecular flexibility index (Phi) is 12.3. The quantitative estimate of drug-likeness (QED) is 0.117. The number of carbonyl (C=O) groups excluding carboxylic acids is 2. The summed E-state index contributed by atoms with van der Waals surface area (Å²) in [6, 6.07) is 11.6. The van der Waals surface area contributed by atoms with E-state index in [0.717, 1.165) is 19.2 Å². The van der Waals surface area contributed by atoms with Crippen molar-refractivity contribution in [3.63, 3.8) is 0 Å². The van der Waals surface area contributed by atoms with Crippen LogP contribution in [0.15, 0.2) is 48.8 Å². The highest BCUT2D eigenvalue weighted by atomic mass is 31.2. The number of anilines is 1. The number of carboxylic acids is 1. The average Bonchev–Trinajstić information content (AvgIpc) is 3.64. The number of benzene rings is 1. The number of aromatic nitrogens is 3. The van der Waals surface area contributed by atoms with E-state index in [2.05, 4.69) is 15.2 Å². The van der Waals surface area contributed by atoms with Gasteiger partial charge in [0.05, 0.1) is 31.7 Å². The first kappa shape index (κ1) is 37.2. The summed E-state index contributed by atoms with van der Waals surface area (Å²) in [6.07, 6.45) is -3.43. The third kappa shape index (κ3) is 8.72. The van der Waals surface area contributed by atoms with E-state index in [1.54, 1.807) is 18.2 Å². The van der Waals surface area contributed by atoms with Crippen molar-refractivity contribution in [2.45, 2.75) is 76.4 Å². The summed E-state index contributed by atoms with van der Waals surface area (Å²) in [5.41, 5.74) is 3.99. The molecule has 1 saturated heterocycles. The molecule has 0 spiro atoms. The van der Waals surface area contributed by atoms with Gasteiger partial charge < -0.3 is 34.7 Å². The Labute approximate surface area is 281 Å². The highest BCUT2D eigenvalue weighted by molar-refractivity contribution is 7.52. The van der Waals surface area contributed by atoms with Crippen LogP contribution in [-0.2, 0) is 43.3 Å². The lowest BCUT2D eigenvalue weighted by Crippen LogP contribution is -2.43. The molecule has 0 radical (unpaired) electrons. The van der Waals surface area contributed by atoms with E-state index in [9.17, 15) is 29.3 Å². The Bertz CT molecular complexity index is 1710. The van der Waals surface area contributed by atoms with Crippen LogP contribution < -0.4 is 15.3 Å². The second-order valence-corrected chi connectivity index (χ2v) is 13.0. The lowest BCUT2D eigenvalue weighted by atomic mass is 9.92. The maximum absolute atomic E-state index is 14.2. The molecule has 0 saturated carbocycles. The molecule has 264 valence electrons. The van der Waals surface area contributed by atoms with Gasteiger partial charge in [-0.2, -0.15) is 15.4 Å². The molecule has 1 aliphatic rings. The number of hydrogen-bond donors (Lipinski definition) is 4. The smallest absolute Gasteiger partial charge is 0.459 e. The van der Waals surface area contributed by atoms with Gasteiger partial charge >= 0.3 is 25.7 Å². The van der Waals surface area contributed by atoms with Crippen molar-refractivity contribution in [1.29, 1.82) is 5.26 Å².